The quantitative estimate of drug-likeness (QED) is 0.607. The van der Waals surface area contributed by atoms with Crippen molar-refractivity contribution < 1.29 is 4.79 Å². The van der Waals surface area contributed by atoms with E-state index in [1.54, 1.807) is 6.08 Å². The Morgan fingerprint density at radius 1 is 1.25 bits per heavy atom. The van der Waals surface area contributed by atoms with Gasteiger partial charge in [0.05, 0.1) is 0 Å². The molecule has 0 aliphatic heterocycles. The van der Waals surface area contributed by atoms with E-state index in [2.05, 4.69) is 0 Å². The van der Waals surface area contributed by atoms with Crippen molar-refractivity contribution in [2.45, 2.75) is 26.7 Å². The Kier molecular flexibility index (Phi) is 4.77. The summed E-state index contributed by atoms with van der Waals surface area (Å²) in [7, 11) is 0. The Bertz CT molecular complexity index is 361. The zero-order valence-electron chi connectivity index (χ0n) is 9.94. The van der Waals surface area contributed by atoms with Crippen molar-refractivity contribution >= 4 is 17.5 Å². The molecule has 0 fully saturated rings. The van der Waals surface area contributed by atoms with Gasteiger partial charge in [-0.2, -0.15) is 0 Å². The summed E-state index contributed by atoms with van der Waals surface area (Å²) in [5.74, 6) is 0.367. The van der Waals surface area contributed by atoms with Crippen LogP contribution >= 0.6 is 0 Å². The molecule has 1 aromatic rings. The predicted octanol–water partition coefficient (Wildman–Crippen LogP) is 3.29. The third-order valence-corrected chi connectivity index (χ3v) is 2.76. The summed E-state index contributed by atoms with van der Waals surface area (Å²) in [5.41, 5.74) is 7.33. The van der Waals surface area contributed by atoms with E-state index in [-0.39, 0.29) is 11.7 Å². The summed E-state index contributed by atoms with van der Waals surface area (Å²) in [6.07, 6.45) is 5.33. The molecule has 0 saturated heterocycles. The van der Waals surface area contributed by atoms with Gasteiger partial charge in [-0.15, -0.1) is 0 Å². The van der Waals surface area contributed by atoms with Crippen molar-refractivity contribution in [1.82, 2.24) is 0 Å². The fraction of sp³-hybridized carbons (Fsp3) is 0.357. The second-order valence-electron chi connectivity index (χ2n) is 3.92. The molecule has 16 heavy (non-hydrogen) atoms. The summed E-state index contributed by atoms with van der Waals surface area (Å²) in [5, 5.41) is 0. The lowest BCUT2D eigenvalue weighted by atomic mass is 9.97. The van der Waals surface area contributed by atoms with Gasteiger partial charge in [0.1, 0.15) is 0 Å². The maximum absolute atomic E-state index is 11.7. The van der Waals surface area contributed by atoms with E-state index < -0.39 is 0 Å². The molecule has 1 rings (SSSR count). The highest BCUT2D eigenvalue weighted by Crippen LogP contribution is 2.12. The normalized spacial score (nSPS) is 11.2. The van der Waals surface area contributed by atoms with Crippen LogP contribution < -0.4 is 5.73 Å². The van der Waals surface area contributed by atoms with Crippen LogP contribution in [-0.4, -0.2) is 5.78 Å². The highest BCUT2D eigenvalue weighted by molar-refractivity contribution is 5.95. The molecule has 2 N–H and O–H groups in total. The molecule has 0 bridgehead atoms. The molecule has 2 nitrogen and oxygen atoms in total. The van der Waals surface area contributed by atoms with Crippen LogP contribution in [0.5, 0.6) is 0 Å². The van der Waals surface area contributed by atoms with Crippen molar-refractivity contribution in [3.8, 4) is 0 Å². The fourth-order valence-electron chi connectivity index (χ4n) is 1.61. The molecule has 0 amide bonds. The van der Waals surface area contributed by atoms with Crippen molar-refractivity contribution in [2.75, 3.05) is 5.73 Å². The monoisotopic (exact) mass is 217 g/mol. The minimum Gasteiger partial charge on any atom is -0.399 e. The number of anilines is 1. The van der Waals surface area contributed by atoms with Gasteiger partial charge in [-0.25, -0.2) is 0 Å². The van der Waals surface area contributed by atoms with Crippen LogP contribution in [0.1, 0.15) is 32.3 Å². The lowest BCUT2D eigenvalue weighted by Crippen LogP contribution is -2.09. The molecule has 2 heteroatoms. The van der Waals surface area contributed by atoms with E-state index in [4.69, 9.17) is 5.73 Å². The number of hydrogen-bond acceptors (Lipinski definition) is 2. The average Bonchev–Trinajstić information content (AvgIpc) is 2.30. The van der Waals surface area contributed by atoms with E-state index in [0.717, 1.165) is 24.1 Å². The Hall–Kier alpha value is -1.57. The number of carbonyl (C=O) groups is 1. The number of nitrogens with two attached hydrogens (primary N) is 1. The molecule has 0 aromatic heterocycles. The van der Waals surface area contributed by atoms with Gasteiger partial charge in [0.25, 0.3) is 0 Å². The molecule has 0 atom stereocenters. The Morgan fingerprint density at radius 3 is 2.31 bits per heavy atom. The predicted molar refractivity (Wildman–Crippen MR) is 69.0 cm³/mol. The number of nitrogen functional groups attached to an aromatic ring is 1. The van der Waals surface area contributed by atoms with Gasteiger partial charge in [0.2, 0.25) is 0 Å². The molecule has 0 heterocycles. The summed E-state index contributed by atoms with van der Waals surface area (Å²) in [4.78, 5) is 11.7. The van der Waals surface area contributed by atoms with E-state index >= 15 is 0 Å². The molecule has 0 aliphatic rings. The van der Waals surface area contributed by atoms with Crippen molar-refractivity contribution in [2.24, 2.45) is 5.92 Å². The third kappa shape index (κ3) is 3.54. The Morgan fingerprint density at radius 2 is 1.81 bits per heavy atom. The molecule has 0 saturated carbocycles. The summed E-state index contributed by atoms with van der Waals surface area (Å²) in [6.45, 7) is 4.09. The van der Waals surface area contributed by atoms with Crippen LogP contribution in [0.2, 0.25) is 0 Å². The van der Waals surface area contributed by atoms with Crippen molar-refractivity contribution in [3.63, 3.8) is 0 Å². The zero-order chi connectivity index (χ0) is 12.0. The van der Waals surface area contributed by atoms with E-state index in [0.29, 0.717) is 0 Å². The number of allylic oxidation sites excluding steroid dienone is 1. The first-order valence-electron chi connectivity index (χ1n) is 5.74. The number of ketones is 1. The van der Waals surface area contributed by atoms with E-state index in [1.165, 1.54) is 0 Å². The van der Waals surface area contributed by atoms with Crippen LogP contribution in [-0.2, 0) is 4.79 Å². The highest BCUT2D eigenvalue weighted by atomic mass is 16.1. The molecule has 1 aromatic carbocycles. The van der Waals surface area contributed by atoms with Gasteiger partial charge in [0.15, 0.2) is 5.78 Å². The Labute approximate surface area is 97.2 Å². The average molecular weight is 217 g/mol. The van der Waals surface area contributed by atoms with Crippen molar-refractivity contribution in [1.29, 1.82) is 0 Å². The second kappa shape index (κ2) is 6.11. The first-order chi connectivity index (χ1) is 7.67. The largest absolute Gasteiger partial charge is 0.399 e. The Balaban J connectivity index is 2.66. The molecule has 0 unspecified atom stereocenters. The third-order valence-electron chi connectivity index (χ3n) is 2.76. The first-order valence-corrected chi connectivity index (χ1v) is 5.74. The molecule has 0 aliphatic carbocycles. The molecular weight excluding hydrogens is 198 g/mol. The maximum atomic E-state index is 11.7. The number of carbonyl (C=O) groups excluding carboxylic acids is 1. The first kappa shape index (κ1) is 12.5. The van der Waals surface area contributed by atoms with Crippen LogP contribution in [0.4, 0.5) is 5.69 Å². The number of benzene rings is 1. The van der Waals surface area contributed by atoms with E-state index in [9.17, 15) is 4.79 Å². The summed E-state index contributed by atoms with van der Waals surface area (Å²) in [6, 6.07) is 7.49. The lowest BCUT2D eigenvalue weighted by Gasteiger charge is -2.06. The zero-order valence-corrected chi connectivity index (χ0v) is 9.94. The topological polar surface area (TPSA) is 43.1 Å². The SMILES string of the molecule is CCC(CC)C(=O)/C=C/c1ccc(N)cc1. The maximum Gasteiger partial charge on any atom is 0.158 e. The number of hydrogen-bond donors (Lipinski definition) is 1. The smallest absolute Gasteiger partial charge is 0.158 e. The molecule has 86 valence electrons. The van der Waals surface area contributed by atoms with Gasteiger partial charge in [-0.05, 0) is 36.6 Å². The van der Waals surface area contributed by atoms with Crippen LogP contribution in [0.3, 0.4) is 0 Å². The minimum atomic E-state index is 0.157. The summed E-state index contributed by atoms with van der Waals surface area (Å²) < 4.78 is 0. The highest BCUT2D eigenvalue weighted by Gasteiger charge is 2.10. The summed E-state index contributed by atoms with van der Waals surface area (Å²) >= 11 is 0. The molecular formula is C14H19NO. The van der Waals surface area contributed by atoms with Gasteiger partial charge in [-0.3, -0.25) is 4.79 Å². The minimum absolute atomic E-state index is 0.157. The van der Waals surface area contributed by atoms with Gasteiger partial charge in [0, 0.05) is 11.6 Å². The molecule has 0 radical (unpaired) electrons. The van der Waals surface area contributed by atoms with E-state index in [1.807, 2.05) is 44.2 Å². The van der Waals surface area contributed by atoms with Crippen LogP contribution in [0.25, 0.3) is 6.08 Å². The molecule has 0 spiro atoms. The van der Waals surface area contributed by atoms with Crippen LogP contribution in [0, 0.1) is 5.92 Å². The lowest BCUT2D eigenvalue weighted by molar-refractivity contribution is -0.118. The standard InChI is InChI=1S/C14H19NO/c1-3-12(4-2)14(16)10-7-11-5-8-13(15)9-6-11/h5-10,12H,3-4,15H2,1-2H3/b10-7+. The van der Waals surface area contributed by atoms with Crippen molar-refractivity contribution in [3.05, 3.63) is 35.9 Å². The second-order valence-corrected chi connectivity index (χ2v) is 3.92. The van der Waals surface area contributed by atoms with Gasteiger partial charge in [-0.1, -0.05) is 32.1 Å². The van der Waals surface area contributed by atoms with Gasteiger partial charge >= 0.3 is 0 Å². The van der Waals surface area contributed by atoms with Crippen LogP contribution in [0.15, 0.2) is 30.3 Å². The fourth-order valence-corrected chi connectivity index (χ4v) is 1.61. The van der Waals surface area contributed by atoms with Gasteiger partial charge < -0.3 is 5.73 Å². The number of rotatable bonds is 5.